The molecule has 0 saturated heterocycles. The molecule has 0 aromatic rings. The highest BCUT2D eigenvalue weighted by molar-refractivity contribution is 5.76. The van der Waals surface area contributed by atoms with Gasteiger partial charge in [0.15, 0.2) is 0 Å². The Balaban J connectivity index is 2.57. The Morgan fingerprint density at radius 2 is 1.86 bits per heavy atom. The third-order valence-corrected chi connectivity index (χ3v) is 3.43. The maximum atomic E-state index is 11.7. The highest BCUT2D eigenvalue weighted by atomic mass is 16.5. The van der Waals surface area contributed by atoms with Crippen LogP contribution in [0.1, 0.15) is 52.9 Å². The lowest BCUT2D eigenvalue weighted by atomic mass is 9.71. The molecule has 0 unspecified atom stereocenters. The largest absolute Gasteiger partial charge is 0.466 e. The van der Waals surface area contributed by atoms with Crippen LogP contribution in [0.15, 0.2) is 0 Å². The van der Waals surface area contributed by atoms with Gasteiger partial charge in [0.1, 0.15) is 0 Å². The van der Waals surface area contributed by atoms with Crippen LogP contribution in [0.4, 0.5) is 0 Å². The van der Waals surface area contributed by atoms with Crippen LogP contribution in [-0.2, 0) is 9.53 Å². The molecule has 2 heteroatoms. The molecule has 0 N–H and O–H groups in total. The molecule has 0 amide bonds. The minimum atomic E-state index is -0.281. The molecule has 0 aliphatic heterocycles. The Labute approximate surface area is 87.0 Å². The standard InChI is InChI=1S/C12H22O2/c1-4-14-11(13)12(2,3)10-8-6-5-7-9-10/h10H,4-9H2,1-3H3. The van der Waals surface area contributed by atoms with Crippen LogP contribution in [0.2, 0.25) is 0 Å². The van der Waals surface area contributed by atoms with E-state index < -0.39 is 0 Å². The van der Waals surface area contributed by atoms with E-state index in [2.05, 4.69) is 0 Å². The zero-order valence-electron chi connectivity index (χ0n) is 9.64. The summed E-state index contributed by atoms with van der Waals surface area (Å²) in [5, 5.41) is 0. The first-order valence-corrected chi connectivity index (χ1v) is 5.76. The molecule has 2 nitrogen and oxygen atoms in total. The van der Waals surface area contributed by atoms with E-state index in [1.165, 1.54) is 32.1 Å². The summed E-state index contributed by atoms with van der Waals surface area (Å²) < 4.78 is 5.12. The van der Waals surface area contributed by atoms with E-state index in [4.69, 9.17) is 4.74 Å². The third-order valence-electron chi connectivity index (χ3n) is 3.43. The second-order valence-corrected chi connectivity index (χ2v) is 4.78. The Hall–Kier alpha value is -0.530. The number of rotatable bonds is 3. The fourth-order valence-electron chi connectivity index (χ4n) is 2.31. The molecule has 0 aromatic heterocycles. The van der Waals surface area contributed by atoms with Crippen LogP contribution in [0.5, 0.6) is 0 Å². The highest BCUT2D eigenvalue weighted by Gasteiger charge is 2.38. The van der Waals surface area contributed by atoms with Crippen molar-refractivity contribution < 1.29 is 9.53 Å². The van der Waals surface area contributed by atoms with E-state index in [9.17, 15) is 4.79 Å². The molecule has 14 heavy (non-hydrogen) atoms. The van der Waals surface area contributed by atoms with Gasteiger partial charge in [-0.2, -0.15) is 0 Å². The Morgan fingerprint density at radius 3 is 2.36 bits per heavy atom. The summed E-state index contributed by atoms with van der Waals surface area (Å²) in [7, 11) is 0. The average molecular weight is 198 g/mol. The fraction of sp³-hybridized carbons (Fsp3) is 0.917. The van der Waals surface area contributed by atoms with Gasteiger partial charge in [-0.1, -0.05) is 19.3 Å². The van der Waals surface area contributed by atoms with Crippen LogP contribution >= 0.6 is 0 Å². The summed E-state index contributed by atoms with van der Waals surface area (Å²) in [6.45, 7) is 6.42. The van der Waals surface area contributed by atoms with Crippen LogP contribution < -0.4 is 0 Å². The van der Waals surface area contributed by atoms with Crippen molar-refractivity contribution in [1.29, 1.82) is 0 Å². The quantitative estimate of drug-likeness (QED) is 0.651. The summed E-state index contributed by atoms with van der Waals surface area (Å²) in [5.74, 6) is 0.502. The Bertz CT molecular complexity index is 190. The van der Waals surface area contributed by atoms with Gasteiger partial charge in [0.05, 0.1) is 12.0 Å². The number of hydrogen-bond donors (Lipinski definition) is 0. The van der Waals surface area contributed by atoms with E-state index >= 15 is 0 Å². The SMILES string of the molecule is CCOC(=O)C(C)(C)C1CCCCC1. The zero-order valence-corrected chi connectivity index (χ0v) is 9.64. The number of carbonyl (C=O) groups is 1. The van der Waals surface area contributed by atoms with Crippen molar-refractivity contribution in [3.63, 3.8) is 0 Å². The monoisotopic (exact) mass is 198 g/mol. The van der Waals surface area contributed by atoms with Gasteiger partial charge in [-0.05, 0) is 39.5 Å². The normalized spacial score (nSPS) is 19.4. The molecule has 1 saturated carbocycles. The molecule has 0 bridgehead atoms. The number of esters is 1. The first kappa shape index (κ1) is 11.5. The summed E-state index contributed by atoms with van der Waals surface area (Å²) in [4.78, 5) is 11.7. The number of hydrogen-bond acceptors (Lipinski definition) is 2. The van der Waals surface area contributed by atoms with Gasteiger partial charge in [0.2, 0.25) is 0 Å². The Morgan fingerprint density at radius 1 is 1.29 bits per heavy atom. The van der Waals surface area contributed by atoms with E-state index in [-0.39, 0.29) is 11.4 Å². The summed E-state index contributed by atoms with van der Waals surface area (Å²) in [5.41, 5.74) is -0.281. The highest BCUT2D eigenvalue weighted by Crippen LogP contribution is 2.38. The maximum absolute atomic E-state index is 11.7. The zero-order chi connectivity index (χ0) is 10.6. The topological polar surface area (TPSA) is 26.3 Å². The minimum Gasteiger partial charge on any atom is -0.466 e. The molecule has 0 atom stereocenters. The molecule has 1 fully saturated rings. The molecule has 1 aliphatic carbocycles. The summed E-state index contributed by atoms with van der Waals surface area (Å²) >= 11 is 0. The molecule has 0 radical (unpaired) electrons. The fourth-order valence-corrected chi connectivity index (χ4v) is 2.31. The maximum Gasteiger partial charge on any atom is 0.311 e. The number of ether oxygens (including phenoxy) is 1. The molecule has 0 aromatic carbocycles. The van der Waals surface area contributed by atoms with Crippen molar-refractivity contribution in [2.75, 3.05) is 6.61 Å². The van der Waals surface area contributed by atoms with Crippen molar-refractivity contribution in [2.45, 2.75) is 52.9 Å². The van der Waals surface area contributed by atoms with Gasteiger partial charge in [-0.15, -0.1) is 0 Å². The molecule has 1 aliphatic rings. The van der Waals surface area contributed by atoms with Gasteiger partial charge in [0.25, 0.3) is 0 Å². The lowest BCUT2D eigenvalue weighted by Gasteiger charge is -2.34. The minimum absolute atomic E-state index is 0.0214. The molecule has 0 heterocycles. The Kier molecular flexibility index (Phi) is 3.97. The third kappa shape index (κ3) is 2.49. The summed E-state index contributed by atoms with van der Waals surface area (Å²) in [6.07, 6.45) is 6.24. The lowest BCUT2D eigenvalue weighted by Crippen LogP contribution is -2.35. The van der Waals surface area contributed by atoms with Crippen molar-refractivity contribution in [3.05, 3.63) is 0 Å². The van der Waals surface area contributed by atoms with Gasteiger partial charge >= 0.3 is 5.97 Å². The van der Waals surface area contributed by atoms with Crippen molar-refractivity contribution >= 4 is 5.97 Å². The van der Waals surface area contributed by atoms with Crippen molar-refractivity contribution in [2.24, 2.45) is 11.3 Å². The van der Waals surface area contributed by atoms with Gasteiger partial charge in [-0.3, -0.25) is 4.79 Å². The van der Waals surface area contributed by atoms with Crippen molar-refractivity contribution in [3.8, 4) is 0 Å². The van der Waals surface area contributed by atoms with Gasteiger partial charge < -0.3 is 4.74 Å². The number of carbonyl (C=O) groups excluding carboxylic acids is 1. The molecule has 82 valence electrons. The van der Waals surface area contributed by atoms with Crippen LogP contribution in [-0.4, -0.2) is 12.6 Å². The van der Waals surface area contributed by atoms with Crippen LogP contribution in [0, 0.1) is 11.3 Å². The average Bonchev–Trinajstić information content (AvgIpc) is 2.19. The first-order valence-electron chi connectivity index (χ1n) is 5.76. The molecular formula is C12H22O2. The van der Waals surface area contributed by atoms with E-state index in [1.807, 2.05) is 20.8 Å². The smallest absolute Gasteiger partial charge is 0.311 e. The van der Waals surface area contributed by atoms with E-state index in [0.717, 1.165) is 0 Å². The van der Waals surface area contributed by atoms with E-state index in [0.29, 0.717) is 12.5 Å². The molecular weight excluding hydrogens is 176 g/mol. The second-order valence-electron chi connectivity index (χ2n) is 4.78. The van der Waals surface area contributed by atoms with Crippen LogP contribution in [0.25, 0.3) is 0 Å². The lowest BCUT2D eigenvalue weighted by molar-refractivity contribution is -0.157. The predicted molar refractivity (Wildman–Crippen MR) is 57.0 cm³/mol. The van der Waals surface area contributed by atoms with Gasteiger partial charge in [0, 0.05) is 0 Å². The van der Waals surface area contributed by atoms with E-state index in [1.54, 1.807) is 0 Å². The molecule has 0 spiro atoms. The van der Waals surface area contributed by atoms with Crippen LogP contribution in [0.3, 0.4) is 0 Å². The second kappa shape index (κ2) is 4.81. The molecule has 1 rings (SSSR count). The van der Waals surface area contributed by atoms with Gasteiger partial charge in [-0.25, -0.2) is 0 Å². The van der Waals surface area contributed by atoms with Crippen molar-refractivity contribution in [1.82, 2.24) is 0 Å². The summed E-state index contributed by atoms with van der Waals surface area (Å²) in [6, 6.07) is 0. The first-order chi connectivity index (χ1) is 6.59. The predicted octanol–water partition coefficient (Wildman–Crippen LogP) is 3.16.